The molecule has 0 aromatic heterocycles. The number of nitrogens with two attached hydrogens (primary N) is 1. The van der Waals surface area contributed by atoms with Crippen molar-refractivity contribution in [2.24, 2.45) is 11.8 Å². The Balaban J connectivity index is 3.20. The molecule has 0 heterocycles. The molecule has 4 heteroatoms. The number of ether oxygens (including phenoxy) is 1. The van der Waals surface area contributed by atoms with Crippen molar-refractivity contribution in [1.82, 2.24) is 0 Å². The number of anilines is 3. The van der Waals surface area contributed by atoms with Gasteiger partial charge in [-0.3, -0.25) is 0 Å². The highest BCUT2D eigenvalue weighted by Gasteiger charge is 2.21. The van der Waals surface area contributed by atoms with Crippen molar-refractivity contribution in [2.75, 3.05) is 43.2 Å². The van der Waals surface area contributed by atoms with E-state index in [9.17, 15) is 0 Å². The molecule has 0 saturated carbocycles. The molecule has 1 aromatic carbocycles. The van der Waals surface area contributed by atoms with Gasteiger partial charge in [0, 0.05) is 26.2 Å². The first-order chi connectivity index (χ1) is 13.5. The molecule has 0 aliphatic heterocycles. The Hall–Kier alpha value is -1.58. The summed E-state index contributed by atoms with van der Waals surface area (Å²) in [6.45, 7) is 11.4. The van der Waals surface area contributed by atoms with Gasteiger partial charge in [0.05, 0.1) is 24.2 Å². The van der Waals surface area contributed by atoms with Gasteiger partial charge in [-0.15, -0.1) is 0 Å². The molecule has 0 amide bonds. The van der Waals surface area contributed by atoms with E-state index in [-0.39, 0.29) is 0 Å². The fourth-order valence-electron chi connectivity index (χ4n) is 3.94. The Morgan fingerprint density at radius 2 is 1.50 bits per heavy atom. The van der Waals surface area contributed by atoms with E-state index in [4.69, 9.17) is 10.5 Å². The molecule has 1 aromatic rings. The van der Waals surface area contributed by atoms with E-state index < -0.39 is 0 Å². The van der Waals surface area contributed by atoms with E-state index in [1.807, 2.05) is 13.1 Å². The molecule has 2 unspecified atom stereocenters. The zero-order valence-electron chi connectivity index (χ0n) is 19.3. The number of nitrogens with zero attached hydrogens (tertiary/aromatic N) is 1. The van der Waals surface area contributed by atoms with Crippen LogP contribution in [0.2, 0.25) is 0 Å². The van der Waals surface area contributed by atoms with Crippen LogP contribution in [0.1, 0.15) is 79.1 Å². The molecule has 28 heavy (non-hydrogen) atoms. The van der Waals surface area contributed by atoms with Crippen molar-refractivity contribution in [3.8, 4) is 5.75 Å². The molecule has 0 aliphatic rings. The van der Waals surface area contributed by atoms with Crippen molar-refractivity contribution < 1.29 is 4.74 Å². The summed E-state index contributed by atoms with van der Waals surface area (Å²) in [6, 6.07) is 4.14. The summed E-state index contributed by atoms with van der Waals surface area (Å²) in [5.41, 5.74) is 9.09. The Morgan fingerprint density at radius 1 is 0.964 bits per heavy atom. The maximum Gasteiger partial charge on any atom is 0.144 e. The molecule has 0 aliphatic carbocycles. The number of unbranched alkanes of at least 4 members (excludes halogenated alkanes) is 2. The highest BCUT2D eigenvalue weighted by Crippen LogP contribution is 2.37. The predicted molar refractivity (Wildman–Crippen MR) is 126 cm³/mol. The maximum absolute atomic E-state index is 6.20. The average molecular weight is 392 g/mol. The van der Waals surface area contributed by atoms with Crippen LogP contribution in [0, 0.1) is 11.8 Å². The van der Waals surface area contributed by atoms with Crippen molar-refractivity contribution in [2.45, 2.75) is 79.1 Å². The molecular formula is C24H45N3O. The molecule has 1 rings (SSSR count). The van der Waals surface area contributed by atoms with Gasteiger partial charge in [0.2, 0.25) is 0 Å². The topological polar surface area (TPSA) is 50.5 Å². The maximum atomic E-state index is 6.20. The van der Waals surface area contributed by atoms with E-state index in [0.717, 1.165) is 30.2 Å². The van der Waals surface area contributed by atoms with Gasteiger partial charge in [-0.2, -0.15) is 0 Å². The minimum absolute atomic E-state index is 0.712. The monoisotopic (exact) mass is 391 g/mol. The molecule has 2 atom stereocenters. The fourth-order valence-corrected chi connectivity index (χ4v) is 3.94. The average Bonchev–Trinajstić information content (AvgIpc) is 2.72. The molecule has 162 valence electrons. The smallest absolute Gasteiger partial charge is 0.144 e. The van der Waals surface area contributed by atoms with Crippen LogP contribution in [0.4, 0.5) is 17.1 Å². The van der Waals surface area contributed by atoms with Crippen LogP contribution in [0.5, 0.6) is 5.75 Å². The van der Waals surface area contributed by atoms with Gasteiger partial charge in [0.1, 0.15) is 5.75 Å². The first kappa shape index (κ1) is 24.5. The van der Waals surface area contributed by atoms with E-state index in [0.29, 0.717) is 11.8 Å². The normalized spacial score (nSPS) is 13.2. The van der Waals surface area contributed by atoms with Crippen LogP contribution in [0.3, 0.4) is 0 Å². The summed E-state index contributed by atoms with van der Waals surface area (Å²) in [4.78, 5) is 2.58. The fraction of sp³-hybridized carbons (Fsp3) is 0.750. The Bertz CT molecular complexity index is 529. The highest BCUT2D eigenvalue weighted by molar-refractivity contribution is 5.77. The zero-order valence-corrected chi connectivity index (χ0v) is 19.3. The lowest BCUT2D eigenvalue weighted by molar-refractivity contribution is 0.390. The lowest BCUT2D eigenvalue weighted by atomic mass is 9.95. The number of nitrogen functional groups attached to an aromatic ring is 1. The molecule has 0 radical (unpaired) electrons. The van der Waals surface area contributed by atoms with E-state index in [1.54, 1.807) is 7.11 Å². The van der Waals surface area contributed by atoms with Crippen LogP contribution >= 0.6 is 0 Å². The lowest BCUT2D eigenvalue weighted by Gasteiger charge is -2.34. The third kappa shape index (κ3) is 7.44. The minimum atomic E-state index is 0.712. The summed E-state index contributed by atoms with van der Waals surface area (Å²) >= 11 is 0. The molecule has 0 spiro atoms. The third-order valence-electron chi connectivity index (χ3n) is 6.00. The van der Waals surface area contributed by atoms with Gasteiger partial charge >= 0.3 is 0 Å². The van der Waals surface area contributed by atoms with Crippen LogP contribution in [-0.2, 0) is 0 Å². The van der Waals surface area contributed by atoms with Gasteiger partial charge in [0.25, 0.3) is 0 Å². The van der Waals surface area contributed by atoms with E-state index in [2.05, 4.69) is 44.0 Å². The van der Waals surface area contributed by atoms with Crippen LogP contribution in [0.25, 0.3) is 0 Å². The van der Waals surface area contributed by atoms with E-state index >= 15 is 0 Å². The van der Waals surface area contributed by atoms with Crippen LogP contribution in [0.15, 0.2) is 12.1 Å². The highest BCUT2D eigenvalue weighted by atomic mass is 16.5. The van der Waals surface area contributed by atoms with Crippen molar-refractivity contribution in [1.29, 1.82) is 0 Å². The second-order valence-corrected chi connectivity index (χ2v) is 8.10. The largest absolute Gasteiger partial charge is 0.495 e. The lowest BCUT2D eigenvalue weighted by Crippen LogP contribution is -2.34. The summed E-state index contributed by atoms with van der Waals surface area (Å²) in [5.74, 6) is 2.31. The number of methoxy groups -OCH3 is 1. The van der Waals surface area contributed by atoms with Gasteiger partial charge in [-0.25, -0.2) is 0 Å². The summed E-state index contributed by atoms with van der Waals surface area (Å²) < 4.78 is 5.75. The number of nitrogens with one attached hydrogen (secondary N) is 1. The van der Waals surface area contributed by atoms with Gasteiger partial charge in [0.15, 0.2) is 0 Å². The van der Waals surface area contributed by atoms with Crippen LogP contribution < -0.4 is 20.7 Å². The molecule has 4 nitrogen and oxygen atoms in total. The zero-order chi connectivity index (χ0) is 20.9. The van der Waals surface area contributed by atoms with E-state index in [1.165, 1.54) is 57.1 Å². The molecule has 0 saturated heterocycles. The second-order valence-electron chi connectivity index (χ2n) is 8.10. The molecular weight excluding hydrogens is 346 g/mol. The summed E-state index contributed by atoms with van der Waals surface area (Å²) in [7, 11) is 3.68. The predicted octanol–water partition coefficient (Wildman–Crippen LogP) is 6.56. The van der Waals surface area contributed by atoms with Gasteiger partial charge in [-0.1, -0.05) is 66.2 Å². The molecule has 3 N–H and O–H groups in total. The van der Waals surface area contributed by atoms with Gasteiger partial charge < -0.3 is 20.7 Å². The van der Waals surface area contributed by atoms with Crippen molar-refractivity contribution >= 4 is 17.1 Å². The van der Waals surface area contributed by atoms with Crippen LogP contribution in [-0.4, -0.2) is 27.2 Å². The molecule has 0 fully saturated rings. The summed E-state index contributed by atoms with van der Waals surface area (Å²) in [5, 5.41) is 3.24. The SMILES string of the molecule is CCCCC(CC)CN(CC(CC)CCCC)c1cc(NC)c(N)cc1OC. The third-order valence-corrected chi connectivity index (χ3v) is 6.00. The Labute approximate surface area is 174 Å². The Kier molecular flexibility index (Phi) is 11.9. The van der Waals surface area contributed by atoms with Crippen molar-refractivity contribution in [3.63, 3.8) is 0 Å². The quantitative estimate of drug-likeness (QED) is 0.332. The first-order valence-corrected chi connectivity index (χ1v) is 11.4. The number of rotatable bonds is 15. The Morgan fingerprint density at radius 3 is 1.89 bits per heavy atom. The number of hydrogen-bond acceptors (Lipinski definition) is 4. The standard InChI is InChI=1S/C24H45N3O/c1-7-11-13-19(9-3)17-27(18-20(10-4)14-12-8-2)23-16-22(26-5)21(25)15-24(23)28-6/h15-16,19-20,26H,7-14,17-18,25H2,1-6H3. The number of benzene rings is 1. The first-order valence-electron chi connectivity index (χ1n) is 11.4. The number of hydrogen-bond donors (Lipinski definition) is 2. The van der Waals surface area contributed by atoms with Crippen molar-refractivity contribution in [3.05, 3.63) is 12.1 Å². The second kappa shape index (κ2) is 13.6. The van der Waals surface area contributed by atoms with Gasteiger partial charge in [-0.05, 0) is 30.7 Å². The summed E-state index contributed by atoms with van der Waals surface area (Å²) in [6.07, 6.45) is 10.2. The minimum Gasteiger partial charge on any atom is -0.495 e. The molecule has 0 bridgehead atoms.